The molecule has 1 amide bonds. The number of nitrogens with two attached hydrogens (primary N) is 1. The molecule has 0 aliphatic rings. The highest BCUT2D eigenvalue weighted by Crippen LogP contribution is 2.22. The molecule has 6 nitrogen and oxygen atoms in total. The molecule has 1 aromatic heterocycles. The van der Waals surface area contributed by atoms with Crippen molar-refractivity contribution < 1.29 is 9.53 Å². The molecule has 0 aliphatic carbocycles. The van der Waals surface area contributed by atoms with Crippen molar-refractivity contribution in [1.29, 1.82) is 0 Å². The molecule has 112 valence electrons. The fourth-order valence-electron chi connectivity index (χ4n) is 1.70. The Morgan fingerprint density at radius 3 is 2.71 bits per heavy atom. The Bertz CT molecular complexity index is 629. The summed E-state index contributed by atoms with van der Waals surface area (Å²) in [6.45, 7) is 6.07. The van der Waals surface area contributed by atoms with Crippen LogP contribution in [0.3, 0.4) is 0 Å². The predicted octanol–water partition coefficient (Wildman–Crippen LogP) is 2.31. The van der Waals surface area contributed by atoms with Gasteiger partial charge in [0, 0.05) is 17.2 Å². The Balaban J connectivity index is 1.90. The van der Waals surface area contributed by atoms with E-state index in [9.17, 15) is 4.79 Å². The van der Waals surface area contributed by atoms with Gasteiger partial charge in [0.1, 0.15) is 5.75 Å². The number of para-hydroxylation sites is 2. The van der Waals surface area contributed by atoms with E-state index in [1.54, 1.807) is 24.3 Å². The van der Waals surface area contributed by atoms with Crippen molar-refractivity contribution in [2.45, 2.75) is 26.2 Å². The minimum atomic E-state index is -0.287. The zero-order valence-electron chi connectivity index (χ0n) is 12.4. The standard InChI is InChI=1S/C15H20N4O2/c1-15(2,3)12-8-13(19-18-12)17-14(20)9-21-11-7-5-4-6-10(11)16/h4-8H,9,16H2,1-3H3,(H2,17,18,19,20). The fourth-order valence-corrected chi connectivity index (χ4v) is 1.70. The number of hydrogen-bond donors (Lipinski definition) is 3. The monoisotopic (exact) mass is 288 g/mol. The number of H-pyrrole nitrogens is 1. The molecule has 0 spiro atoms. The number of benzene rings is 1. The van der Waals surface area contributed by atoms with Crippen molar-refractivity contribution in [2.75, 3.05) is 17.7 Å². The van der Waals surface area contributed by atoms with Crippen LogP contribution in [0, 0.1) is 0 Å². The molecule has 0 unspecified atom stereocenters. The van der Waals surface area contributed by atoms with Crippen molar-refractivity contribution in [1.82, 2.24) is 10.2 Å². The van der Waals surface area contributed by atoms with Gasteiger partial charge in [0.15, 0.2) is 12.4 Å². The number of carbonyl (C=O) groups excluding carboxylic acids is 1. The minimum Gasteiger partial charge on any atom is -0.482 e. The molecule has 0 bridgehead atoms. The third-order valence-electron chi connectivity index (χ3n) is 2.93. The van der Waals surface area contributed by atoms with Gasteiger partial charge in [-0.25, -0.2) is 0 Å². The van der Waals surface area contributed by atoms with Crippen LogP contribution >= 0.6 is 0 Å². The third kappa shape index (κ3) is 3.98. The van der Waals surface area contributed by atoms with E-state index in [0.29, 0.717) is 17.3 Å². The van der Waals surface area contributed by atoms with Gasteiger partial charge in [-0.15, -0.1) is 0 Å². The van der Waals surface area contributed by atoms with Crippen LogP contribution in [0.15, 0.2) is 30.3 Å². The number of ether oxygens (including phenoxy) is 1. The smallest absolute Gasteiger partial charge is 0.263 e. The number of aromatic amines is 1. The molecule has 6 heteroatoms. The molecule has 2 rings (SSSR count). The molecular weight excluding hydrogens is 268 g/mol. The Labute approximate surface area is 123 Å². The highest BCUT2D eigenvalue weighted by molar-refractivity contribution is 5.91. The van der Waals surface area contributed by atoms with Crippen LogP contribution in [-0.4, -0.2) is 22.7 Å². The summed E-state index contributed by atoms with van der Waals surface area (Å²) < 4.78 is 5.37. The maximum Gasteiger partial charge on any atom is 0.263 e. The number of nitrogens with one attached hydrogen (secondary N) is 2. The van der Waals surface area contributed by atoms with E-state index in [-0.39, 0.29) is 17.9 Å². The Morgan fingerprint density at radius 1 is 1.38 bits per heavy atom. The number of nitrogens with zero attached hydrogens (tertiary/aromatic N) is 1. The van der Waals surface area contributed by atoms with Gasteiger partial charge in [-0.05, 0) is 12.1 Å². The van der Waals surface area contributed by atoms with Crippen molar-refractivity contribution in [3.63, 3.8) is 0 Å². The van der Waals surface area contributed by atoms with Crippen LogP contribution in [0.2, 0.25) is 0 Å². The molecule has 0 saturated carbocycles. The molecular formula is C15H20N4O2. The van der Waals surface area contributed by atoms with Crippen molar-refractivity contribution in [2.24, 2.45) is 0 Å². The maximum absolute atomic E-state index is 11.8. The summed E-state index contributed by atoms with van der Waals surface area (Å²) in [6.07, 6.45) is 0. The van der Waals surface area contributed by atoms with E-state index < -0.39 is 0 Å². The van der Waals surface area contributed by atoms with E-state index in [2.05, 4.69) is 36.3 Å². The highest BCUT2D eigenvalue weighted by atomic mass is 16.5. The quantitative estimate of drug-likeness (QED) is 0.753. The molecule has 0 radical (unpaired) electrons. The minimum absolute atomic E-state index is 0.0506. The number of hydrogen-bond acceptors (Lipinski definition) is 4. The summed E-state index contributed by atoms with van der Waals surface area (Å²) in [5.41, 5.74) is 7.14. The van der Waals surface area contributed by atoms with E-state index in [0.717, 1.165) is 5.69 Å². The highest BCUT2D eigenvalue weighted by Gasteiger charge is 2.17. The molecule has 4 N–H and O–H groups in total. The number of aromatic nitrogens is 2. The van der Waals surface area contributed by atoms with Gasteiger partial charge in [-0.2, -0.15) is 5.10 Å². The Hall–Kier alpha value is -2.50. The summed E-state index contributed by atoms with van der Waals surface area (Å²) in [7, 11) is 0. The van der Waals surface area contributed by atoms with Crippen molar-refractivity contribution in [3.8, 4) is 5.75 Å². The van der Waals surface area contributed by atoms with Crippen LogP contribution in [-0.2, 0) is 10.2 Å². The molecule has 0 fully saturated rings. The average molecular weight is 288 g/mol. The van der Waals surface area contributed by atoms with Crippen LogP contribution in [0.1, 0.15) is 26.5 Å². The van der Waals surface area contributed by atoms with E-state index in [4.69, 9.17) is 10.5 Å². The summed E-state index contributed by atoms with van der Waals surface area (Å²) in [5.74, 6) is 0.685. The van der Waals surface area contributed by atoms with Crippen molar-refractivity contribution in [3.05, 3.63) is 36.0 Å². The lowest BCUT2D eigenvalue weighted by Gasteiger charge is -2.14. The first kappa shape index (κ1) is 14.9. The molecule has 0 atom stereocenters. The lowest BCUT2D eigenvalue weighted by Crippen LogP contribution is -2.20. The van der Waals surface area contributed by atoms with Crippen LogP contribution in [0.5, 0.6) is 5.75 Å². The van der Waals surface area contributed by atoms with Crippen LogP contribution in [0.25, 0.3) is 0 Å². The summed E-state index contributed by atoms with van der Waals surface area (Å²) in [4.78, 5) is 11.8. The largest absolute Gasteiger partial charge is 0.482 e. The molecule has 0 saturated heterocycles. The topological polar surface area (TPSA) is 93.0 Å². The Kier molecular flexibility index (Phi) is 4.16. The van der Waals surface area contributed by atoms with E-state index in [1.807, 2.05) is 6.07 Å². The average Bonchev–Trinajstić information content (AvgIpc) is 2.86. The van der Waals surface area contributed by atoms with E-state index in [1.165, 1.54) is 0 Å². The second kappa shape index (κ2) is 5.87. The summed E-state index contributed by atoms with van der Waals surface area (Å²) >= 11 is 0. The van der Waals surface area contributed by atoms with Gasteiger partial charge in [-0.1, -0.05) is 32.9 Å². The van der Waals surface area contributed by atoms with Gasteiger partial charge in [0.05, 0.1) is 5.69 Å². The van der Waals surface area contributed by atoms with E-state index >= 15 is 0 Å². The van der Waals surface area contributed by atoms with Crippen molar-refractivity contribution >= 4 is 17.4 Å². The first-order chi connectivity index (χ1) is 9.86. The van der Waals surface area contributed by atoms with Gasteiger partial charge < -0.3 is 15.8 Å². The number of nitrogen functional groups attached to an aromatic ring is 1. The zero-order chi connectivity index (χ0) is 15.5. The second-order valence-electron chi connectivity index (χ2n) is 5.79. The summed E-state index contributed by atoms with van der Waals surface area (Å²) in [5, 5.41) is 9.64. The lowest BCUT2D eigenvalue weighted by atomic mass is 9.92. The molecule has 21 heavy (non-hydrogen) atoms. The number of anilines is 2. The van der Waals surface area contributed by atoms with Crippen LogP contribution in [0.4, 0.5) is 11.5 Å². The number of amides is 1. The SMILES string of the molecule is CC(C)(C)c1cc(NC(=O)COc2ccccc2N)n[nH]1. The fraction of sp³-hybridized carbons (Fsp3) is 0.333. The predicted molar refractivity (Wildman–Crippen MR) is 82.3 cm³/mol. The zero-order valence-corrected chi connectivity index (χ0v) is 12.4. The maximum atomic E-state index is 11.8. The molecule has 2 aromatic rings. The van der Waals surface area contributed by atoms with Gasteiger partial charge in [0.2, 0.25) is 0 Å². The van der Waals surface area contributed by atoms with Gasteiger partial charge in [0.25, 0.3) is 5.91 Å². The normalized spacial score (nSPS) is 11.2. The first-order valence-electron chi connectivity index (χ1n) is 6.69. The Morgan fingerprint density at radius 2 is 2.10 bits per heavy atom. The lowest BCUT2D eigenvalue weighted by molar-refractivity contribution is -0.118. The first-order valence-corrected chi connectivity index (χ1v) is 6.69. The third-order valence-corrected chi connectivity index (χ3v) is 2.93. The molecule has 1 aromatic carbocycles. The summed E-state index contributed by atoms with van der Waals surface area (Å²) in [6, 6.07) is 8.85. The van der Waals surface area contributed by atoms with Crippen LogP contribution < -0.4 is 15.8 Å². The number of carbonyl (C=O) groups is 1. The molecule has 1 heterocycles. The molecule has 0 aliphatic heterocycles. The van der Waals surface area contributed by atoms with Gasteiger partial charge in [-0.3, -0.25) is 9.89 Å². The van der Waals surface area contributed by atoms with Gasteiger partial charge >= 0.3 is 0 Å². The second-order valence-corrected chi connectivity index (χ2v) is 5.79. The number of rotatable bonds is 4.